The van der Waals surface area contributed by atoms with Crippen LogP contribution in [-0.4, -0.2) is 18.6 Å². The SMILES string of the molecule is O=C(CCC1CCCO1)Nc1ccc(Br)c(Cl)c1. The van der Waals surface area contributed by atoms with Crippen molar-refractivity contribution in [2.75, 3.05) is 11.9 Å². The minimum absolute atomic E-state index is 0.00360. The van der Waals surface area contributed by atoms with Crippen LogP contribution in [0.5, 0.6) is 0 Å². The number of hydrogen-bond donors (Lipinski definition) is 1. The van der Waals surface area contributed by atoms with Gasteiger partial charge in [0.2, 0.25) is 5.91 Å². The first-order valence-electron chi connectivity index (χ1n) is 6.01. The number of anilines is 1. The summed E-state index contributed by atoms with van der Waals surface area (Å²) in [5.74, 6) is 0.00360. The Labute approximate surface area is 120 Å². The Morgan fingerprint density at radius 3 is 3.06 bits per heavy atom. The summed E-state index contributed by atoms with van der Waals surface area (Å²) in [6, 6.07) is 5.37. The maximum Gasteiger partial charge on any atom is 0.224 e. The summed E-state index contributed by atoms with van der Waals surface area (Å²) >= 11 is 9.27. The fourth-order valence-corrected chi connectivity index (χ4v) is 2.39. The highest BCUT2D eigenvalue weighted by Gasteiger charge is 2.16. The molecule has 3 nitrogen and oxygen atoms in total. The van der Waals surface area contributed by atoms with Crippen molar-refractivity contribution in [3.63, 3.8) is 0 Å². The second kappa shape index (κ2) is 6.55. The van der Waals surface area contributed by atoms with Crippen LogP contribution in [-0.2, 0) is 9.53 Å². The average Bonchev–Trinajstić information content (AvgIpc) is 2.84. The van der Waals surface area contributed by atoms with Crippen LogP contribution in [0, 0.1) is 0 Å². The summed E-state index contributed by atoms with van der Waals surface area (Å²) < 4.78 is 6.30. The molecule has 0 spiro atoms. The lowest BCUT2D eigenvalue weighted by Crippen LogP contribution is -2.15. The molecule has 1 aliphatic rings. The lowest BCUT2D eigenvalue weighted by atomic mass is 10.1. The van der Waals surface area contributed by atoms with Crippen LogP contribution in [0.15, 0.2) is 22.7 Å². The van der Waals surface area contributed by atoms with E-state index in [4.69, 9.17) is 16.3 Å². The van der Waals surface area contributed by atoms with Crippen LogP contribution in [0.4, 0.5) is 5.69 Å². The third kappa shape index (κ3) is 3.97. The molecule has 1 atom stereocenters. The van der Waals surface area contributed by atoms with Gasteiger partial charge < -0.3 is 10.1 Å². The van der Waals surface area contributed by atoms with Crippen molar-refractivity contribution < 1.29 is 9.53 Å². The average molecular weight is 333 g/mol. The van der Waals surface area contributed by atoms with E-state index in [1.807, 2.05) is 12.1 Å². The normalized spacial score (nSPS) is 18.9. The van der Waals surface area contributed by atoms with Gasteiger partial charge >= 0.3 is 0 Å². The molecule has 1 saturated heterocycles. The van der Waals surface area contributed by atoms with E-state index in [1.54, 1.807) is 6.07 Å². The quantitative estimate of drug-likeness (QED) is 0.905. The molecular weight excluding hydrogens is 318 g/mol. The van der Waals surface area contributed by atoms with Crippen LogP contribution in [0.1, 0.15) is 25.7 Å². The lowest BCUT2D eigenvalue weighted by molar-refractivity contribution is -0.116. The zero-order chi connectivity index (χ0) is 13.0. The molecule has 98 valence electrons. The molecule has 0 aromatic heterocycles. The van der Waals surface area contributed by atoms with Gasteiger partial charge in [0.15, 0.2) is 0 Å². The highest BCUT2D eigenvalue weighted by Crippen LogP contribution is 2.25. The number of carbonyl (C=O) groups excluding carboxylic acids is 1. The van der Waals surface area contributed by atoms with Crippen molar-refractivity contribution in [3.8, 4) is 0 Å². The van der Waals surface area contributed by atoms with E-state index in [-0.39, 0.29) is 12.0 Å². The highest BCUT2D eigenvalue weighted by atomic mass is 79.9. The largest absolute Gasteiger partial charge is 0.378 e. The summed E-state index contributed by atoms with van der Waals surface area (Å²) in [7, 11) is 0. The first-order chi connectivity index (χ1) is 8.65. The van der Waals surface area contributed by atoms with Gasteiger partial charge in [-0.1, -0.05) is 11.6 Å². The molecule has 18 heavy (non-hydrogen) atoms. The van der Waals surface area contributed by atoms with Gasteiger partial charge in [-0.05, 0) is 53.4 Å². The first kappa shape index (κ1) is 13.8. The lowest BCUT2D eigenvalue weighted by Gasteiger charge is -2.09. The Hall–Kier alpha value is -0.580. The number of halogens is 2. The van der Waals surface area contributed by atoms with E-state index in [1.165, 1.54) is 0 Å². The van der Waals surface area contributed by atoms with E-state index in [2.05, 4.69) is 21.2 Å². The van der Waals surface area contributed by atoms with Crippen molar-refractivity contribution in [1.82, 2.24) is 0 Å². The third-order valence-electron chi connectivity index (χ3n) is 2.92. The van der Waals surface area contributed by atoms with Crippen molar-refractivity contribution in [3.05, 3.63) is 27.7 Å². The molecule has 1 aliphatic heterocycles. The van der Waals surface area contributed by atoms with Gasteiger partial charge in [0.25, 0.3) is 0 Å². The molecule has 0 radical (unpaired) electrons. The molecule has 0 saturated carbocycles. The summed E-state index contributed by atoms with van der Waals surface area (Å²) in [5, 5.41) is 3.42. The van der Waals surface area contributed by atoms with Gasteiger partial charge in [-0.2, -0.15) is 0 Å². The summed E-state index contributed by atoms with van der Waals surface area (Å²) in [6.07, 6.45) is 3.70. The number of amides is 1. The second-order valence-electron chi connectivity index (χ2n) is 4.35. The number of ether oxygens (including phenoxy) is 1. The second-order valence-corrected chi connectivity index (χ2v) is 5.61. The standard InChI is InChI=1S/C13H15BrClNO2/c14-11-5-3-9(8-12(11)15)16-13(17)6-4-10-2-1-7-18-10/h3,5,8,10H,1-2,4,6-7H2,(H,16,17). The Balaban J connectivity index is 1.80. The van der Waals surface area contributed by atoms with Crippen LogP contribution in [0.3, 0.4) is 0 Å². The fourth-order valence-electron chi connectivity index (χ4n) is 1.96. The molecule has 2 rings (SSSR count). The van der Waals surface area contributed by atoms with Crippen molar-refractivity contribution in [2.45, 2.75) is 31.8 Å². The fraction of sp³-hybridized carbons (Fsp3) is 0.462. The zero-order valence-corrected chi connectivity index (χ0v) is 12.3. The Morgan fingerprint density at radius 1 is 1.56 bits per heavy atom. The predicted molar refractivity (Wildman–Crippen MR) is 76.0 cm³/mol. The Morgan fingerprint density at radius 2 is 2.39 bits per heavy atom. The molecule has 0 bridgehead atoms. The maximum atomic E-state index is 11.7. The molecule has 1 aromatic rings. The number of nitrogens with one attached hydrogen (secondary N) is 1. The van der Waals surface area contributed by atoms with Gasteiger partial charge in [-0.15, -0.1) is 0 Å². The molecule has 1 heterocycles. The number of rotatable bonds is 4. The predicted octanol–water partition coefficient (Wildman–Crippen LogP) is 4.00. The van der Waals surface area contributed by atoms with E-state index in [0.29, 0.717) is 11.4 Å². The number of hydrogen-bond acceptors (Lipinski definition) is 2. The molecule has 1 aromatic carbocycles. The smallest absolute Gasteiger partial charge is 0.224 e. The van der Waals surface area contributed by atoms with Gasteiger partial charge in [-0.3, -0.25) is 4.79 Å². The monoisotopic (exact) mass is 331 g/mol. The minimum Gasteiger partial charge on any atom is -0.378 e. The van der Waals surface area contributed by atoms with Crippen molar-refractivity contribution in [2.24, 2.45) is 0 Å². The summed E-state index contributed by atoms with van der Waals surface area (Å²) in [6.45, 7) is 0.828. The molecule has 5 heteroatoms. The van der Waals surface area contributed by atoms with E-state index < -0.39 is 0 Å². The van der Waals surface area contributed by atoms with E-state index >= 15 is 0 Å². The van der Waals surface area contributed by atoms with Crippen LogP contribution < -0.4 is 5.32 Å². The topological polar surface area (TPSA) is 38.3 Å². The maximum absolute atomic E-state index is 11.7. The Bertz CT molecular complexity index is 433. The highest BCUT2D eigenvalue weighted by molar-refractivity contribution is 9.10. The number of benzene rings is 1. The first-order valence-corrected chi connectivity index (χ1v) is 7.19. The van der Waals surface area contributed by atoms with E-state index in [0.717, 1.165) is 36.0 Å². The summed E-state index contributed by atoms with van der Waals surface area (Å²) in [4.78, 5) is 11.7. The van der Waals surface area contributed by atoms with Crippen molar-refractivity contribution >= 4 is 39.1 Å². The zero-order valence-electron chi connectivity index (χ0n) is 9.92. The van der Waals surface area contributed by atoms with Crippen LogP contribution >= 0.6 is 27.5 Å². The van der Waals surface area contributed by atoms with Crippen molar-refractivity contribution in [1.29, 1.82) is 0 Å². The molecule has 1 fully saturated rings. The number of carbonyl (C=O) groups is 1. The summed E-state index contributed by atoms with van der Waals surface area (Å²) in [5.41, 5.74) is 0.723. The molecule has 1 N–H and O–H groups in total. The molecule has 1 amide bonds. The minimum atomic E-state index is 0.00360. The van der Waals surface area contributed by atoms with E-state index in [9.17, 15) is 4.79 Å². The Kier molecular flexibility index (Phi) is 5.03. The molecule has 0 aliphatic carbocycles. The van der Waals surface area contributed by atoms with Crippen LogP contribution in [0.25, 0.3) is 0 Å². The molecule has 1 unspecified atom stereocenters. The van der Waals surface area contributed by atoms with Gasteiger partial charge in [0.05, 0.1) is 11.1 Å². The van der Waals surface area contributed by atoms with Crippen LogP contribution in [0.2, 0.25) is 5.02 Å². The van der Waals surface area contributed by atoms with Gasteiger partial charge in [0.1, 0.15) is 0 Å². The molecular formula is C13H15BrClNO2. The van der Waals surface area contributed by atoms with Gasteiger partial charge in [-0.25, -0.2) is 0 Å². The van der Waals surface area contributed by atoms with Gasteiger partial charge in [0, 0.05) is 23.2 Å². The third-order valence-corrected chi connectivity index (χ3v) is 4.15.